The first-order valence-electron chi connectivity index (χ1n) is 11.3. The van der Waals surface area contributed by atoms with Gasteiger partial charge in [-0.15, -0.1) is 0 Å². The topological polar surface area (TPSA) is 99.5 Å². The van der Waals surface area contributed by atoms with E-state index in [9.17, 15) is 20.1 Å². The van der Waals surface area contributed by atoms with Crippen LogP contribution in [0.15, 0.2) is 54.3 Å². The Labute approximate surface area is 192 Å². The number of benzene rings is 2. The number of aliphatic hydroxyl groups excluding tert-OH is 1. The molecule has 0 radical (unpaired) electrons. The highest BCUT2D eigenvalue weighted by Crippen LogP contribution is 2.62. The van der Waals surface area contributed by atoms with E-state index < -0.39 is 29.2 Å². The molecule has 7 heteroatoms. The summed E-state index contributed by atoms with van der Waals surface area (Å²) in [7, 11) is 1.98. The fourth-order valence-corrected chi connectivity index (χ4v) is 5.95. The van der Waals surface area contributed by atoms with E-state index in [0.717, 1.165) is 11.1 Å². The summed E-state index contributed by atoms with van der Waals surface area (Å²) in [5.41, 5.74) is -0.0126. The standard InChI is InChI=1S/C26H29NO6/c1-15-9-10-18(28)22-20(15)25-13-14-27(3)16(2)26(25,31)12-11-19(23(25)33-22)32-24(30)21(29)17-7-5-4-6-8-17/h4-11,16,21,23,28-29,31H,12-14H2,1-3H3/t16-,21-,23+,25+,26-/m1/s1. The van der Waals surface area contributed by atoms with Crippen molar-refractivity contribution < 1.29 is 29.6 Å². The highest BCUT2D eigenvalue weighted by Gasteiger charge is 2.69. The van der Waals surface area contributed by atoms with Gasteiger partial charge in [0.1, 0.15) is 5.76 Å². The number of aryl methyl sites for hydroxylation is 1. The first kappa shape index (κ1) is 21.9. The van der Waals surface area contributed by atoms with Gasteiger partial charge in [-0.05, 0) is 57.1 Å². The Morgan fingerprint density at radius 1 is 1.24 bits per heavy atom. The molecule has 0 bridgehead atoms. The number of hydrogen-bond acceptors (Lipinski definition) is 7. The molecule has 2 heterocycles. The van der Waals surface area contributed by atoms with Gasteiger partial charge in [-0.25, -0.2) is 4.79 Å². The number of hydrogen-bond donors (Lipinski definition) is 3. The Bertz CT molecular complexity index is 1130. The van der Waals surface area contributed by atoms with Crippen LogP contribution in [0.5, 0.6) is 11.5 Å². The molecule has 0 aromatic heterocycles. The van der Waals surface area contributed by atoms with Crippen LogP contribution in [0.4, 0.5) is 0 Å². The monoisotopic (exact) mass is 451 g/mol. The number of nitrogens with zero attached hydrogens (tertiary/aromatic N) is 1. The molecule has 2 aromatic rings. The van der Waals surface area contributed by atoms with Crippen molar-refractivity contribution in [3.63, 3.8) is 0 Å². The number of carbonyl (C=O) groups is 1. The summed E-state index contributed by atoms with van der Waals surface area (Å²) in [4.78, 5) is 15.0. The van der Waals surface area contributed by atoms with Gasteiger partial charge in [-0.2, -0.15) is 0 Å². The Morgan fingerprint density at radius 2 is 1.97 bits per heavy atom. The van der Waals surface area contributed by atoms with Crippen molar-refractivity contribution in [2.24, 2.45) is 0 Å². The molecule has 1 spiro atoms. The maximum atomic E-state index is 12.9. The van der Waals surface area contributed by atoms with Crippen molar-refractivity contribution in [3.05, 3.63) is 71.0 Å². The highest BCUT2D eigenvalue weighted by atomic mass is 16.6. The van der Waals surface area contributed by atoms with Crippen LogP contribution >= 0.6 is 0 Å². The molecule has 0 saturated carbocycles. The lowest BCUT2D eigenvalue weighted by Crippen LogP contribution is -2.71. The van der Waals surface area contributed by atoms with Crippen molar-refractivity contribution >= 4 is 5.97 Å². The van der Waals surface area contributed by atoms with Gasteiger partial charge in [-0.1, -0.05) is 36.4 Å². The number of aliphatic hydroxyl groups is 2. The molecule has 5 atom stereocenters. The van der Waals surface area contributed by atoms with E-state index in [2.05, 4.69) is 4.90 Å². The maximum absolute atomic E-state index is 12.9. The highest BCUT2D eigenvalue weighted by molar-refractivity contribution is 5.77. The summed E-state index contributed by atoms with van der Waals surface area (Å²) in [5, 5.41) is 33.3. The Hall–Kier alpha value is -2.87. The zero-order chi connectivity index (χ0) is 23.5. The number of piperidine rings is 1. The first-order chi connectivity index (χ1) is 15.7. The lowest BCUT2D eigenvalue weighted by Gasteiger charge is -2.58. The minimum Gasteiger partial charge on any atom is -0.504 e. The van der Waals surface area contributed by atoms with Gasteiger partial charge in [0.2, 0.25) is 0 Å². The van der Waals surface area contributed by atoms with Gasteiger partial charge in [0.25, 0.3) is 0 Å². The van der Waals surface area contributed by atoms with Crippen molar-refractivity contribution in [2.45, 2.75) is 56.0 Å². The number of likely N-dealkylation sites (tertiary alicyclic amines) is 1. The molecule has 3 N–H and O–H groups in total. The van der Waals surface area contributed by atoms with Crippen LogP contribution in [0, 0.1) is 6.92 Å². The number of likely N-dealkylation sites (N-methyl/N-ethyl adjacent to an activating group) is 1. The molecule has 1 fully saturated rings. The summed E-state index contributed by atoms with van der Waals surface area (Å²) in [6, 6.07) is 11.8. The second-order valence-corrected chi connectivity index (χ2v) is 9.45. The molecule has 1 aliphatic carbocycles. The summed E-state index contributed by atoms with van der Waals surface area (Å²) in [6.07, 6.45) is 0.242. The lowest BCUT2D eigenvalue weighted by molar-refractivity contribution is -0.166. The lowest BCUT2D eigenvalue weighted by atomic mass is 9.54. The van der Waals surface area contributed by atoms with Gasteiger partial charge in [-0.3, -0.25) is 0 Å². The summed E-state index contributed by atoms with van der Waals surface area (Å²) < 4.78 is 12.0. The van der Waals surface area contributed by atoms with Crippen LogP contribution in [-0.4, -0.2) is 57.5 Å². The van der Waals surface area contributed by atoms with Crippen molar-refractivity contribution in [2.75, 3.05) is 13.6 Å². The zero-order valence-electron chi connectivity index (χ0n) is 19.0. The predicted octanol–water partition coefficient (Wildman–Crippen LogP) is 2.72. The third-order valence-corrected chi connectivity index (χ3v) is 7.89. The third kappa shape index (κ3) is 2.96. The fraction of sp³-hybridized carbons (Fsp3) is 0.423. The van der Waals surface area contributed by atoms with Gasteiger partial charge in [0.05, 0.1) is 11.0 Å². The van der Waals surface area contributed by atoms with Crippen LogP contribution in [-0.2, 0) is 14.9 Å². The number of esters is 1. The molecule has 5 rings (SSSR count). The quantitative estimate of drug-likeness (QED) is 0.617. The summed E-state index contributed by atoms with van der Waals surface area (Å²) in [5.74, 6) is -0.244. The molecule has 33 heavy (non-hydrogen) atoms. The van der Waals surface area contributed by atoms with Crippen molar-refractivity contribution in [3.8, 4) is 11.5 Å². The van der Waals surface area contributed by atoms with Crippen molar-refractivity contribution in [1.82, 2.24) is 4.90 Å². The van der Waals surface area contributed by atoms with Gasteiger partial charge in [0.15, 0.2) is 23.7 Å². The van der Waals surface area contributed by atoms with E-state index in [1.165, 1.54) is 0 Å². The third-order valence-electron chi connectivity index (χ3n) is 7.89. The van der Waals surface area contributed by atoms with Crippen LogP contribution in [0.2, 0.25) is 0 Å². The van der Waals surface area contributed by atoms with E-state index >= 15 is 0 Å². The second-order valence-electron chi connectivity index (χ2n) is 9.45. The Kier molecular flexibility index (Phi) is 5.04. The Morgan fingerprint density at radius 3 is 2.70 bits per heavy atom. The van der Waals surface area contributed by atoms with Crippen LogP contribution in [0.25, 0.3) is 0 Å². The number of ether oxygens (including phenoxy) is 2. The SMILES string of the molecule is Cc1ccc(O)c2c1[C@]13CCN(C)[C@H](C)[C@]1(O)CC=C(OC(=O)[C@H](O)c1ccccc1)[C@@H]3O2. The molecule has 174 valence electrons. The van der Waals surface area contributed by atoms with Gasteiger partial charge in [0, 0.05) is 18.0 Å². The zero-order valence-corrected chi connectivity index (χ0v) is 19.0. The van der Waals surface area contributed by atoms with Crippen LogP contribution in [0.3, 0.4) is 0 Å². The van der Waals surface area contributed by atoms with Crippen LogP contribution in [0.1, 0.15) is 42.6 Å². The average Bonchev–Trinajstić information content (AvgIpc) is 3.19. The van der Waals surface area contributed by atoms with E-state index in [4.69, 9.17) is 9.47 Å². The van der Waals surface area contributed by atoms with E-state index in [0.29, 0.717) is 24.3 Å². The molecular formula is C26H29NO6. The number of rotatable bonds is 3. The smallest absolute Gasteiger partial charge is 0.344 e. The Balaban J connectivity index is 1.58. The van der Waals surface area contributed by atoms with E-state index in [1.807, 2.05) is 27.0 Å². The number of carbonyl (C=O) groups excluding carboxylic acids is 1. The molecule has 2 aliphatic heterocycles. The summed E-state index contributed by atoms with van der Waals surface area (Å²) in [6.45, 7) is 4.62. The van der Waals surface area contributed by atoms with Gasteiger partial charge < -0.3 is 29.7 Å². The molecule has 0 unspecified atom stereocenters. The number of phenolic OH excluding ortho intramolecular Hbond substituents is 1. The number of phenols is 1. The van der Waals surface area contributed by atoms with E-state index in [-0.39, 0.29) is 24.0 Å². The maximum Gasteiger partial charge on any atom is 0.344 e. The van der Waals surface area contributed by atoms with Gasteiger partial charge >= 0.3 is 5.97 Å². The fourth-order valence-electron chi connectivity index (χ4n) is 5.95. The summed E-state index contributed by atoms with van der Waals surface area (Å²) >= 11 is 0. The minimum atomic E-state index is -1.45. The molecule has 0 amide bonds. The minimum absolute atomic E-state index is 0.0108. The molecule has 2 aromatic carbocycles. The predicted molar refractivity (Wildman–Crippen MR) is 121 cm³/mol. The first-order valence-corrected chi connectivity index (χ1v) is 11.3. The molecule has 7 nitrogen and oxygen atoms in total. The molecular weight excluding hydrogens is 422 g/mol. The largest absolute Gasteiger partial charge is 0.504 e. The molecule has 3 aliphatic rings. The van der Waals surface area contributed by atoms with Crippen molar-refractivity contribution in [1.29, 1.82) is 0 Å². The normalized spacial score (nSPS) is 31.5. The number of aromatic hydroxyl groups is 1. The van der Waals surface area contributed by atoms with Crippen LogP contribution < -0.4 is 4.74 Å². The number of fused-ring (bicyclic) bond motifs is 1. The second kappa shape index (κ2) is 7.58. The molecule has 1 saturated heterocycles. The van der Waals surface area contributed by atoms with E-state index in [1.54, 1.807) is 42.5 Å². The average molecular weight is 452 g/mol.